The predicted molar refractivity (Wildman–Crippen MR) is 84.5 cm³/mol. The molecule has 21 heavy (non-hydrogen) atoms. The molecule has 2 amide bonds. The van der Waals surface area contributed by atoms with Crippen molar-refractivity contribution in [2.75, 3.05) is 40.4 Å². The van der Waals surface area contributed by atoms with Crippen molar-refractivity contribution in [3.05, 3.63) is 0 Å². The van der Waals surface area contributed by atoms with E-state index in [-0.39, 0.29) is 6.03 Å². The molecule has 1 saturated heterocycles. The summed E-state index contributed by atoms with van der Waals surface area (Å²) in [5.41, 5.74) is 0. The highest BCUT2D eigenvalue weighted by molar-refractivity contribution is 5.74. The van der Waals surface area contributed by atoms with E-state index >= 15 is 0 Å². The standard InChI is InChI=1S/C16H31N3O2/c1-18(16(20)17-14-7-3-4-8-14)10-5-6-11-19-12-9-15(19)13-21-2/h14-15H,3-13H2,1-2H3,(H,17,20). The van der Waals surface area contributed by atoms with Crippen LogP contribution in [0, 0.1) is 0 Å². The zero-order chi connectivity index (χ0) is 15.1. The monoisotopic (exact) mass is 297 g/mol. The summed E-state index contributed by atoms with van der Waals surface area (Å²) in [6, 6.07) is 1.14. The van der Waals surface area contributed by atoms with Crippen LogP contribution in [0.1, 0.15) is 44.9 Å². The molecule has 0 aromatic rings. The highest BCUT2D eigenvalue weighted by Gasteiger charge is 2.26. The number of carbonyl (C=O) groups is 1. The van der Waals surface area contributed by atoms with E-state index in [4.69, 9.17) is 4.74 Å². The zero-order valence-electron chi connectivity index (χ0n) is 13.6. The Labute approximate surface area is 129 Å². The average Bonchev–Trinajstić information content (AvgIpc) is 2.95. The summed E-state index contributed by atoms with van der Waals surface area (Å²) in [5.74, 6) is 0. The number of urea groups is 1. The number of carbonyl (C=O) groups excluding carboxylic acids is 1. The Morgan fingerprint density at radius 1 is 1.29 bits per heavy atom. The second-order valence-corrected chi connectivity index (χ2v) is 6.49. The first-order valence-corrected chi connectivity index (χ1v) is 8.45. The van der Waals surface area contributed by atoms with Crippen molar-refractivity contribution in [3.8, 4) is 0 Å². The van der Waals surface area contributed by atoms with E-state index in [1.807, 2.05) is 11.9 Å². The normalized spacial score (nSPS) is 23.0. The molecule has 1 N–H and O–H groups in total. The van der Waals surface area contributed by atoms with Gasteiger partial charge in [-0.1, -0.05) is 12.8 Å². The van der Waals surface area contributed by atoms with Crippen LogP contribution in [0.15, 0.2) is 0 Å². The van der Waals surface area contributed by atoms with E-state index in [2.05, 4.69) is 10.2 Å². The van der Waals surface area contributed by atoms with Gasteiger partial charge in [-0.25, -0.2) is 4.79 Å². The van der Waals surface area contributed by atoms with Crippen LogP contribution in [0.5, 0.6) is 0 Å². The molecule has 0 aromatic carbocycles. The van der Waals surface area contributed by atoms with Crippen molar-refractivity contribution >= 4 is 6.03 Å². The van der Waals surface area contributed by atoms with E-state index in [1.165, 1.54) is 25.8 Å². The van der Waals surface area contributed by atoms with Gasteiger partial charge in [0, 0.05) is 39.3 Å². The fraction of sp³-hybridized carbons (Fsp3) is 0.938. The van der Waals surface area contributed by atoms with Crippen LogP contribution in [0.2, 0.25) is 0 Å². The summed E-state index contributed by atoms with van der Waals surface area (Å²) in [7, 11) is 3.68. The van der Waals surface area contributed by atoms with Crippen molar-refractivity contribution in [1.82, 2.24) is 15.1 Å². The van der Waals surface area contributed by atoms with Crippen LogP contribution >= 0.6 is 0 Å². The lowest BCUT2D eigenvalue weighted by Crippen LogP contribution is -2.50. The Bertz CT molecular complexity index is 319. The summed E-state index contributed by atoms with van der Waals surface area (Å²) >= 11 is 0. The number of unbranched alkanes of at least 4 members (excludes halogenated alkanes) is 1. The molecule has 1 atom stereocenters. The van der Waals surface area contributed by atoms with Gasteiger partial charge < -0.3 is 15.0 Å². The predicted octanol–water partition coefficient (Wildman–Crippen LogP) is 2.07. The first-order chi connectivity index (χ1) is 10.2. The summed E-state index contributed by atoms with van der Waals surface area (Å²) in [6.07, 6.45) is 8.30. The lowest BCUT2D eigenvalue weighted by molar-refractivity contribution is 0.0225. The zero-order valence-corrected chi connectivity index (χ0v) is 13.6. The molecule has 2 aliphatic rings. The molecular weight excluding hydrogens is 266 g/mol. The smallest absolute Gasteiger partial charge is 0.317 e. The number of likely N-dealkylation sites (tertiary alicyclic amines) is 1. The van der Waals surface area contributed by atoms with E-state index in [9.17, 15) is 4.79 Å². The van der Waals surface area contributed by atoms with Crippen molar-refractivity contribution < 1.29 is 9.53 Å². The Morgan fingerprint density at radius 3 is 2.67 bits per heavy atom. The van der Waals surface area contributed by atoms with Gasteiger partial charge in [0.1, 0.15) is 0 Å². The molecular formula is C16H31N3O2. The van der Waals surface area contributed by atoms with E-state index in [0.29, 0.717) is 12.1 Å². The molecule has 1 heterocycles. The minimum absolute atomic E-state index is 0.100. The maximum absolute atomic E-state index is 12.0. The van der Waals surface area contributed by atoms with Gasteiger partial charge >= 0.3 is 6.03 Å². The van der Waals surface area contributed by atoms with Crippen molar-refractivity contribution in [2.24, 2.45) is 0 Å². The van der Waals surface area contributed by atoms with Crippen molar-refractivity contribution in [2.45, 2.75) is 57.0 Å². The van der Waals surface area contributed by atoms with E-state index in [1.54, 1.807) is 7.11 Å². The third-order valence-electron chi connectivity index (χ3n) is 4.84. The third-order valence-corrected chi connectivity index (χ3v) is 4.84. The van der Waals surface area contributed by atoms with Crippen LogP contribution in [-0.4, -0.2) is 68.3 Å². The summed E-state index contributed by atoms with van der Waals surface area (Å²) in [4.78, 5) is 16.3. The minimum Gasteiger partial charge on any atom is -0.383 e. The highest BCUT2D eigenvalue weighted by atomic mass is 16.5. The van der Waals surface area contributed by atoms with Gasteiger partial charge in [-0.05, 0) is 38.6 Å². The van der Waals surface area contributed by atoms with Crippen molar-refractivity contribution in [1.29, 1.82) is 0 Å². The summed E-state index contributed by atoms with van der Waals surface area (Å²) < 4.78 is 5.21. The number of methoxy groups -OCH3 is 1. The molecule has 1 unspecified atom stereocenters. The molecule has 2 fully saturated rings. The topological polar surface area (TPSA) is 44.8 Å². The summed E-state index contributed by atoms with van der Waals surface area (Å²) in [5, 5.41) is 3.13. The van der Waals surface area contributed by atoms with Gasteiger partial charge in [-0.3, -0.25) is 4.90 Å². The number of rotatable bonds is 8. The number of amides is 2. The SMILES string of the molecule is COCC1CCN1CCCCN(C)C(=O)NC1CCCC1. The first kappa shape index (κ1) is 16.6. The van der Waals surface area contributed by atoms with Crippen LogP contribution in [0.3, 0.4) is 0 Å². The Kier molecular flexibility index (Phi) is 6.77. The lowest BCUT2D eigenvalue weighted by atomic mass is 10.0. The maximum atomic E-state index is 12.0. The second kappa shape index (κ2) is 8.59. The molecule has 0 radical (unpaired) electrons. The molecule has 1 aliphatic carbocycles. The van der Waals surface area contributed by atoms with Gasteiger partial charge in [-0.15, -0.1) is 0 Å². The van der Waals surface area contributed by atoms with Crippen LogP contribution in [0.4, 0.5) is 4.79 Å². The van der Waals surface area contributed by atoms with Gasteiger partial charge in [0.05, 0.1) is 6.61 Å². The molecule has 1 saturated carbocycles. The second-order valence-electron chi connectivity index (χ2n) is 6.49. The number of ether oxygens (including phenoxy) is 1. The van der Waals surface area contributed by atoms with Gasteiger partial charge in [0.2, 0.25) is 0 Å². The highest BCUT2D eigenvalue weighted by Crippen LogP contribution is 2.18. The van der Waals surface area contributed by atoms with Gasteiger partial charge in [0.25, 0.3) is 0 Å². The quantitative estimate of drug-likeness (QED) is 0.698. The molecule has 0 aromatic heterocycles. The Balaban J connectivity index is 1.52. The molecule has 0 bridgehead atoms. The summed E-state index contributed by atoms with van der Waals surface area (Å²) in [6.45, 7) is 4.03. The first-order valence-electron chi connectivity index (χ1n) is 8.45. The molecule has 0 spiro atoms. The number of hydrogen-bond acceptors (Lipinski definition) is 3. The largest absolute Gasteiger partial charge is 0.383 e. The number of hydrogen-bond donors (Lipinski definition) is 1. The van der Waals surface area contributed by atoms with E-state index < -0.39 is 0 Å². The average molecular weight is 297 g/mol. The maximum Gasteiger partial charge on any atom is 0.317 e. The van der Waals surface area contributed by atoms with Crippen LogP contribution in [0.25, 0.3) is 0 Å². The van der Waals surface area contributed by atoms with Gasteiger partial charge in [0.15, 0.2) is 0 Å². The fourth-order valence-corrected chi connectivity index (χ4v) is 3.29. The number of nitrogens with zero attached hydrogens (tertiary/aromatic N) is 2. The lowest BCUT2D eigenvalue weighted by Gasteiger charge is -2.40. The molecule has 2 rings (SSSR count). The van der Waals surface area contributed by atoms with Crippen LogP contribution < -0.4 is 5.32 Å². The molecule has 1 aliphatic heterocycles. The molecule has 122 valence electrons. The Hall–Kier alpha value is -0.810. The molecule has 5 heteroatoms. The minimum atomic E-state index is 0.100. The third kappa shape index (κ3) is 5.15. The van der Waals surface area contributed by atoms with E-state index in [0.717, 1.165) is 45.4 Å². The van der Waals surface area contributed by atoms with Crippen molar-refractivity contribution in [3.63, 3.8) is 0 Å². The Morgan fingerprint density at radius 2 is 2.05 bits per heavy atom. The fourth-order valence-electron chi connectivity index (χ4n) is 3.29. The number of nitrogens with one attached hydrogen (secondary N) is 1. The van der Waals surface area contributed by atoms with Gasteiger partial charge in [-0.2, -0.15) is 0 Å². The van der Waals surface area contributed by atoms with Crippen LogP contribution in [-0.2, 0) is 4.74 Å². The molecule has 5 nitrogen and oxygen atoms in total.